The first-order valence-corrected chi connectivity index (χ1v) is 9.78. The van der Waals surface area contributed by atoms with Crippen LogP contribution in [0.3, 0.4) is 0 Å². The number of carbonyl (C=O) groups is 2. The molecule has 0 saturated heterocycles. The second-order valence-corrected chi connectivity index (χ2v) is 7.14. The SMILES string of the molecule is CCC(=O)Nc1cc(-c2ccc(=O)n(CC(=O)Nc3cccc(Cl)c3)n2)ccc1C. The van der Waals surface area contributed by atoms with Crippen molar-refractivity contribution in [2.24, 2.45) is 0 Å². The summed E-state index contributed by atoms with van der Waals surface area (Å²) in [6, 6.07) is 15.2. The van der Waals surface area contributed by atoms with Gasteiger partial charge in [0.2, 0.25) is 11.8 Å². The summed E-state index contributed by atoms with van der Waals surface area (Å²) in [6.07, 6.45) is 0.370. The van der Waals surface area contributed by atoms with Gasteiger partial charge in [-0.25, -0.2) is 4.68 Å². The van der Waals surface area contributed by atoms with Gasteiger partial charge in [-0.2, -0.15) is 5.10 Å². The van der Waals surface area contributed by atoms with Crippen LogP contribution in [0.15, 0.2) is 59.4 Å². The number of nitrogens with one attached hydrogen (secondary N) is 2. The van der Waals surface area contributed by atoms with E-state index in [1.54, 1.807) is 43.3 Å². The molecule has 0 fully saturated rings. The van der Waals surface area contributed by atoms with E-state index >= 15 is 0 Å². The Morgan fingerprint density at radius 2 is 1.83 bits per heavy atom. The highest BCUT2D eigenvalue weighted by atomic mass is 35.5. The lowest BCUT2D eigenvalue weighted by molar-refractivity contribution is -0.117. The zero-order valence-corrected chi connectivity index (χ0v) is 17.4. The monoisotopic (exact) mass is 424 g/mol. The van der Waals surface area contributed by atoms with Gasteiger partial charge in [0.1, 0.15) is 6.54 Å². The van der Waals surface area contributed by atoms with E-state index in [0.29, 0.717) is 28.5 Å². The molecule has 0 aliphatic carbocycles. The van der Waals surface area contributed by atoms with Gasteiger partial charge >= 0.3 is 0 Å². The molecule has 0 spiro atoms. The summed E-state index contributed by atoms with van der Waals surface area (Å²) < 4.78 is 1.10. The molecule has 7 nitrogen and oxygen atoms in total. The Morgan fingerprint density at radius 1 is 1.03 bits per heavy atom. The third kappa shape index (κ3) is 5.33. The number of aryl methyl sites for hydroxylation is 1. The van der Waals surface area contributed by atoms with E-state index in [1.807, 2.05) is 19.1 Å². The van der Waals surface area contributed by atoms with Crippen molar-refractivity contribution in [3.63, 3.8) is 0 Å². The maximum Gasteiger partial charge on any atom is 0.267 e. The Balaban J connectivity index is 1.83. The summed E-state index contributed by atoms with van der Waals surface area (Å²) >= 11 is 5.92. The van der Waals surface area contributed by atoms with Crippen LogP contribution in [-0.2, 0) is 16.1 Å². The van der Waals surface area contributed by atoms with E-state index in [0.717, 1.165) is 15.8 Å². The molecule has 2 amide bonds. The quantitative estimate of drug-likeness (QED) is 0.628. The molecule has 0 aliphatic rings. The number of hydrogen-bond donors (Lipinski definition) is 2. The number of amides is 2. The summed E-state index contributed by atoms with van der Waals surface area (Å²) in [5.41, 5.74) is 2.96. The lowest BCUT2D eigenvalue weighted by Crippen LogP contribution is -2.29. The zero-order valence-electron chi connectivity index (χ0n) is 16.6. The standard InChI is InChI=1S/C22H21ClN4O3/c1-3-20(28)25-19-11-15(8-7-14(19)2)18-9-10-22(30)27(26-18)13-21(29)24-17-6-4-5-16(23)12-17/h4-12H,3,13H2,1-2H3,(H,24,29)(H,25,28). The number of rotatable bonds is 6. The highest BCUT2D eigenvalue weighted by Gasteiger charge is 2.11. The summed E-state index contributed by atoms with van der Waals surface area (Å²) in [5, 5.41) is 10.4. The zero-order chi connectivity index (χ0) is 21.7. The molecule has 1 heterocycles. The molecule has 0 radical (unpaired) electrons. The highest BCUT2D eigenvalue weighted by Crippen LogP contribution is 2.24. The molecular weight excluding hydrogens is 404 g/mol. The smallest absolute Gasteiger partial charge is 0.267 e. The number of anilines is 2. The van der Waals surface area contributed by atoms with Crippen molar-refractivity contribution in [1.82, 2.24) is 9.78 Å². The normalized spacial score (nSPS) is 10.5. The van der Waals surface area contributed by atoms with E-state index < -0.39 is 11.5 Å². The lowest BCUT2D eigenvalue weighted by atomic mass is 10.1. The fourth-order valence-electron chi connectivity index (χ4n) is 2.77. The van der Waals surface area contributed by atoms with E-state index in [-0.39, 0.29) is 12.5 Å². The van der Waals surface area contributed by atoms with Crippen molar-refractivity contribution in [2.45, 2.75) is 26.8 Å². The maximum atomic E-state index is 12.3. The van der Waals surface area contributed by atoms with Gasteiger partial charge in [0.25, 0.3) is 5.56 Å². The molecule has 0 atom stereocenters. The van der Waals surface area contributed by atoms with Crippen molar-refractivity contribution in [2.75, 3.05) is 10.6 Å². The van der Waals surface area contributed by atoms with Crippen LogP contribution in [0.4, 0.5) is 11.4 Å². The lowest BCUT2D eigenvalue weighted by Gasteiger charge is -2.11. The van der Waals surface area contributed by atoms with Gasteiger partial charge < -0.3 is 10.6 Å². The fourth-order valence-corrected chi connectivity index (χ4v) is 2.96. The number of hydrogen-bond acceptors (Lipinski definition) is 4. The molecule has 0 saturated carbocycles. The fraction of sp³-hybridized carbons (Fsp3) is 0.182. The second kappa shape index (κ2) is 9.37. The minimum atomic E-state index is -0.399. The van der Waals surface area contributed by atoms with Crippen LogP contribution in [-0.4, -0.2) is 21.6 Å². The summed E-state index contributed by atoms with van der Waals surface area (Å²) in [7, 11) is 0. The molecule has 30 heavy (non-hydrogen) atoms. The van der Waals surface area contributed by atoms with Gasteiger partial charge in [-0.3, -0.25) is 14.4 Å². The van der Waals surface area contributed by atoms with E-state index in [4.69, 9.17) is 11.6 Å². The third-order valence-corrected chi connectivity index (χ3v) is 4.63. The topological polar surface area (TPSA) is 93.1 Å². The Hall–Kier alpha value is -3.45. The van der Waals surface area contributed by atoms with Gasteiger partial charge in [-0.1, -0.05) is 36.7 Å². The largest absolute Gasteiger partial charge is 0.326 e. The molecule has 2 aromatic carbocycles. The minimum Gasteiger partial charge on any atom is -0.326 e. The van der Waals surface area contributed by atoms with Crippen LogP contribution in [0.1, 0.15) is 18.9 Å². The van der Waals surface area contributed by atoms with E-state index in [2.05, 4.69) is 15.7 Å². The average molecular weight is 425 g/mol. The minimum absolute atomic E-state index is 0.0918. The second-order valence-electron chi connectivity index (χ2n) is 6.70. The van der Waals surface area contributed by atoms with Crippen LogP contribution >= 0.6 is 11.6 Å². The molecule has 154 valence electrons. The summed E-state index contributed by atoms with van der Waals surface area (Å²) in [5.74, 6) is -0.491. The molecule has 1 aromatic heterocycles. The van der Waals surface area contributed by atoms with Gasteiger partial charge in [0.05, 0.1) is 5.69 Å². The third-order valence-electron chi connectivity index (χ3n) is 4.40. The van der Waals surface area contributed by atoms with Crippen molar-refractivity contribution < 1.29 is 9.59 Å². The van der Waals surface area contributed by atoms with Crippen LogP contribution in [0.5, 0.6) is 0 Å². The number of aromatic nitrogens is 2. The van der Waals surface area contributed by atoms with Crippen molar-refractivity contribution in [1.29, 1.82) is 0 Å². The molecule has 0 bridgehead atoms. The van der Waals surface area contributed by atoms with Crippen LogP contribution in [0.25, 0.3) is 11.3 Å². The van der Waals surface area contributed by atoms with Crippen LogP contribution in [0.2, 0.25) is 5.02 Å². The first-order chi connectivity index (χ1) is 14.4. The molecule has 3 aromatic rings. The van der Waals surface area contributed by atoms with Crippen molar-refractivity contribution >= 4 is 34.8 Å². The predicted octanol–water partition coefficient (Wildman–Crippen LogP) is 3.86. The van der Waals surface area contributed by atoms with Crippen molar-refractivity contribution in [3.8, 4) is 11.3 Å². The Labute approximate surface area is 178 Å². The number of nitrogens with zero attached hydrogens (tertiary/aromatic N) is 2. The molecule has 0 aliphatic heterocycles. The molecule has 8 heteroatoms. The first kappa shape index (κ1) is 21.3. The van der Waals surface area contributed by atoms with E-state index in [9.17, 15) is 14.4 Å². The summed E-state index contributed by atoms with van der Waals surface area (Å²) in [6.45, 7) is 3.43. The molecule has 0 unspecified atom stereocenters. The average Bonchev–Trinajstić information content (AvgIpc) is 2.71. The first-order valence-electron chi connectivity index (χ1n) is 9.40. The van der Waals surface area contributed by atoms with Crippen LogP contribution < -0.4 is 16.2 Å². The summed E-state index contributed by atoms with van der Waals surface area (Å²) in [4.78, 5) is 36.3. The number of carbonyl (C=O) groups excluding carboxylic acids is 2. The van der Waals surface area contributed by atoms with Gasteiger partial charge in [0, 0.05) is 34.4 Å². The molecular formula is C22H21ClN4O3. The number of benzene rings is 2. The Kier molecular flexibility index (Phi) is 6.64. The van der Waals surface area contributed by atoms with Gasteiger partial charge in [-0.05, 0) is 42.8 Å². The van der Waals surface area contributed by atoms with E-state index in [1.165, 1.54) is 6.07 Å². The molecule has 3 rings (SSSR count). The maximum absolute atomic E-state index is 12.3. The molecule has 2 N–H and O–H groups in total. The Morgan fingerprint density at radius 3 is 2.57 bits per heavy atom. The van der Waals surface area contributed by atoms with Crippen molar-refractivity contribution in [3.05, 3.63) is 75.5 Å². The predicted molar refractivity (Wildman–Crippen MR) is 118 cm³/mol. The number of halogens is 1. The Bertz CT molecular complexity index is 1160. The van der Waals surface area contributed by atoms with Gasteiger partial charge in [0.15, 0.2) is 0 Å². The van der Waals surface area contributed by atoms with Crippen LogP contribution in [0, 0.1) is 6.92 Å². The van der Waals surface area contributed by atoms with Gasteiger partial charge in [-0.15, -0.1) is 0 Å². The highest BCUT2D eigenvalue weighted by molar-refractivity contribution is 6.30.